The number of hydrogen-bond donors (Lipinski definition) is 0. The van der Waals surface area contributed by atoms with E-state index in [0.717, 1.165) is 0 Å². The maximum atomic E-state index is 6.94. The van der Waals surface area contributed by atoms with Crippen LogP contribution in [-0.4, -0.2) is 9.52 Å². The molecular weight excluding hydrogens is 430 g/mol. The van der Waals surface area contributed by atoms with E-state index < -0.39 is 19.3 Å². The molecule has 0 aromatic heterocycles. The smallest absolute Gasteiger partial charge is 0.0848 e. The number of alkyl halides is 2. The zero-order valence-electron chi connectivity index (χ0n) is 13.7. The van der Waals surface area contributed by atoms with E-state index >= 15 is 0 Å². The number of benzene rings is 2. The molecule has 120 valence electrons. The van der Waals surface area contributed by atoms with Crippen molar-refractivity contribution in [1.82, 2.24) is 0 Å². The number of fused-ring (bicyclic) bond motifs is 2. The van der Waals surface area contributed by atoms with E-state index in [-0.39, 0.29) is 26.2 Å². The first-order chi connectivity index (χ1) is 10.9. The Morgan fingerprint density at radius 1 is 0.708 bits per heavy atom. The monoisotopic (exact) mass is 446 g/mol. The Morgan fingerprint density at radius 2 is 1.08 bits per heavy atom. The molecule has 2 aliphatic carbocycles. The molecule has 2 aliphatic rings. The van der Waals surface area contributed by atoms with Crippen LogP contribution in [0.5, 0.6) is 0 Å². The van der Waals surface area contributed by atoms with Gasteiger partial charge in [0.2, 0.25) is 0 Å². The van der Waals surface area contributed by atoms with Gasteiger partial charge in [0.05, 0.1) is 19.3 Å². The van der Waals surface area contributed by atoms with Gasteiger partial charge in [-0.15, -0.1) is 23.2 Å². The molecule has 2 atom stereocenters. The van der Waals surface area contributed by atoms with Gasteiger partial charge < -0.3 is 0 Å². The molecule has 4 rings (SSSR count). The molecule has 0 saturated heterocycles. The molecule has 0 fully saturated rings. The molecule has 2 aromatic carbocycles. The van der Waals surface area contributed by atoms with E-state index in [1.54, 1.807) is 0 Å². The Bertz CT molecular complexity index is 794. The third-order valence-corrected chi connectivity index (χ3v) is 9.10. The molecule has 24 heavy (non-hydrogen) atoms. The summed E-state index contributed by atoms with van der Waals surface area (Å²) >= 11 is 13.9. The van der Waals surface area contributed by atoms with Gasteiger partial charge in [-0.05, 0) is 36.1 Å². The Morgan fingerprint density at radius 3 is 1.46 bits per heavy atom. The molecule has 0 saturated carbocycles. The first-order valence-corrected chi connectivity index (χ1v) is 10.1. The third-order valence-electron chi connectivity index (χ3n) is 5.18. The summed E-state index contributed by atoms with van der Waals surface area (Å²) < 4.78 is 0. The molecule has 0 radical (unpaired) electrons. The molecule has 2 aromatic rings. The normalized spacial score (nSPS) is 27.5. The van der Waals surface area contributed by atoms with Crippen molar-refractivity contribution in [3.8, 4) is 0 Å². The summed E-state index contributed by atoms with van der Waals surface area (Å²) in [6.07, 6.45) is 4.57. The van der Waals surface area contributed by atoms with Gasteiger partial charge in [0.1, 0.15) is 0 Å². The van der Waals surface area contributed by atoms with Crippen LogP contribution < -0.4 is 0 Å². The van der Waals surface area contributed by atoms with Crippen LogP contribution in [0, 0.1) is 0 Å². The predicted molar refractivity (Wildman–Crippen MR) is 104 cm³/mol. The zero-order chi connectivity index (χ0) is 16.2. The summed E-state index contributed by atoms with van der Waals surface area (Å²) in [4.78, 5) is -0.795. The molecule has 0 aliphatic heterocycles. The van der Waals surface area contributed by atoms with Crippen LogP contribution in [0.1, 0.15) is 36.1 Å². The Labute approximate surface area is 174 Å². The maximum Gasteiger partial charge on any atom is 0.0848 e. The van der Waals surface area contributed by atoms with Crippen molar-refractivity contribution < 1.29 is 26.2 Å². The van der Waals surface area contributed by atoms with Gasteiger partial charge in [-0.1, -0.05) is 71.1 Å². The van der Waals surface area contributed by atoms with E-state index in [1.807, 2.05) is 0 Å². The first kappa shape index (κ1) is 18.4. The second-order valence-electron chi connectivity index (χ2n) is 6.70. The topological polar surface area (TPSA) is 0 Å². The first-order valence-electron chi connectivity index (χ1n) is 7.89. The van der Waals surface area contributed by atoms with Crippen LogP contribution in [-0.2, 0) is 36.0 Å². The summed E-state index contributed by atoms with van der Waals surface area (Å²) in [5, 5.41) is 2.71. The van der Waals surface area contributed by atoms with Crippen LogP contribution in [0.2, 0.25) is 0 Å². The van der Waals surface area contributed by atoms with Crippen LogP contribution in [0.25, 0.3) is 12.2 Å². The fourth-order valence-corrected chi connectivity index (χ4v) is 6.69. The molecular formula is C20H18Cl2SiZr. The summed E-state index contributed by atoms with van der Waals surface area (Å²) in [7, 11) is -0.714. The third kappa shape index (κ3) is 2.76. The zero-order valence-corrected chi connectivity index (χ0v) is 19.1. The van der Waals surface area contributed by atoms with Gasteiger partial charge >= 0.3 is 0 Å². The van der Waals surface area contributed by atoms with E-state index in [0.29, 0.717) is 0 Å². The fourth-order valence-electron chi connectivity index (χ4n) is 3.73. The number of allylic oxidation sites excluding steroid dienone is 2. The molecule has 0 amide bonds. The maximum absolute atomic E-state index is 6.94. The minimum Gasteiger partial charge on any atom is -0.110 e. The molecule has 0 nitrogen and oxygen atoms in total. The quantitative estimate of drug-likeness (QED) is 0.439. The molecule has 4 heteroatoms. The van der Waals surface area contributed by atoms with Crippen molar-refractivity contribution in [3.05, 3.63) is 81.2 Å². The van der Waals surface area contributed by atoms with Crippen molar-refractivity contribution in [2.45, 2.75) is 23.6 Å². The van der Waals surface area contributed by atoms with E-state index in [1.165, 1.54) is 32.6 Å². The minimum atomic E-state index is -0.714. The van der Waals surface area contributed by atoms with Crippen molar-refractivity contribution >= 4 is 44.9 Å². The molecule has 0 heterocycles. The van der Waals surface area contributed by atoms with Crippen molar-refractivity contribution in [1.29, 1.82) is 0 Å². The Hall–Kier alpha value is -0.400. The summed E-state index contributed by atoms with van der Waals surface area (Å²) in [5.74, 6) is 0. The molecule has 2 unspecified atom stereocenters. The van der Waals surface area contributed by atoms with E-state index in [9.17, 15) is 0 Å². The Kier molecular flexibility index (Phi) is 4.90. The minimum absolute atomic E-state index is 0. The second-order valence-corrected chi connectivity index (χ2v) is 10.1. The van der Waals surface area contributed by atoms with E-state index in [2.05, 4.69) is 74.5 Å². The summed E-state index contributed by atoms with van der Waals surface area (Å²) in [6, 6.07) is 16.8. The van der Waals surface area contributed by atoms with Crippen LogP contribution in [0.3, 0.4) is 0 Å². The molecule has 0 N–H and O–H groups in total. The van der Waals surface area contributed by atoms with Crippen molar-refractivity contribution in [2.24, 2.45) is 0 Å². The van der Waals surface area contributed by atoms with Gasteiger partial charge in [0.25, 0.3) is 0 Å². The van der Waals surface area contributed by atoms with Crippen molar-refractivity contribution in [3.63, 3.8) is 0 Å². The van der Waals surface area contributed by atoms with Gasteiger partial charge in [0.15, 0.2) is 0 Å². The SMILES string of the molecule is CC1(Cl)C([SiH2]C2=Cc3ccccc3C2(C)Cl)=Cc2ccccc21.[Zr]. The van der Waals surface area contributed by atoms with Gasteiger partial charge in [-0.25, -0.2) is 0 Å². The second kappa shape index (κ2) is 6.40. The average molecular weight is 449 g/mol. The predicted octanol–water partition coefficient (Wildman–Crippen LogP) is 5.17. The fraction of sp³-hybridized carbons (Fsp3) is 0.200. The van der Waals surface area contributed by atoms with Crippen molar-refractivity contribution in [2.75, 3.05) is 0 Å². The Balaban J connectivity index is 0.00000169. The average Bonchev–Trinajstić information content (AvgIpc) is 2.92. The van der Waals surface area contributed by atoms with E-state index in [4.69, 9.17) is 23.2 Å². The number of rotatable bonds is 2. The summed E-state index contributed by atoms with van der Waals surface area (Å²) in [5.41, 5.74) is 4.94. The number of hydrogen-bond acceptors (Lipinski definition) is 0. The van der Waals surface area contributed by atoms with Gasteiger partial charge in [-0.2, -0.15) is 0 Å². The number of halogens is 2. The molecule has 0 bridgehead atoms. The van der Waals surface area contributed by atoms with Crippen LogP contribution in [0.15, 0.2) is 58.9 Å². The van der Waals surface area contributed by atoms with Gasteiger partial charge in [0, 0.05) is 26.2 Å². The van der Waals surface area contributed by atoms with Crippen LogP contribution >= 0.6 is 23.2 Å². The molecule has 0 spiro atoms. The summed E-state index contributed by atoms with van der Waals surface area (Å²) in [6.45, 7) is 4.24. The standard InChI is InChI=1S/C20H18Cl2Si.Zr/c1-19(21)15-9-5-3-7-13(15)11-17(19)23-18-12-14-8-4-6-10-16(14)20(18,2)22;/h3-12H,23H2,1-2H3;. The van der Waals surface area contributed by atoms with Gasteiger partial charge in [-0.3, -0.25) is 0 Å². The largest absolute Gasteiger partial charge is 0.110 e. The van der Waals surface area contributed by atoms with Crippen LogP contribution in [0.4, 0.5) is 0 Å².